The van der Waals surface area contributed by atoms with Crippen molar-refractivity contribution < 1.29 is 9.63 Å². The molecule has 0 bridgehead atoms. The van der Waals surface area contributed by atoms with E-state index in [0.29, 0.717) is 6.42 Å². The molecule has 30 heavy (non-hydrogen) atoms. The molecule has 0 heterocycles. The van der Waals surface area contributed by atoms with Crippen LogP contribution in [0.2, 0.25) is 0 Å². The summed E-state index contributed by atoms with van der Waals surface area (Å²) in [5, 5.41) is 1.46. The van der Waals surface area contributed by atoms with Crippen LogP contribution in [-0.4, -0.2) is 25.1 Å². The first kappa shape index (κ1) is 29.2. The molecule has 0 fully saturated rings. The molecule has 0 rings (SSSR count). The molecule has 0 aromatic carbocycles. The van der Waals surface area contributed by atoms with Gasteiger partial charge in [0.25, 0.3) is 0 Å². The van der Waals surface area contributed by atoms with Crippen molar-refractivity contribution in [2.24, 2.45) is 0 Å². The zero-order chi connectivity index (χ0) is 22.1. The minimum absolute atomic E-state index is 0.115. The van der Waals surface area contributed by atoms with Gasteiger partial charge in [-0.05, 0) is 32.1 Å². The molecule has 0 amide bonds. The number of hydroxylamine groups is 2. The van der Waals surface area contributed by atoms with E-state index in [2.05, 4.69) is 19.1 Å². The predicted molar refractivity (Wildman–Crippen MR) is 132 cm³/mol. The molecule has 0 N–H and O–H groups in total. The van der Waals surface area contributed by atoms with Gasteiger partial charge in [0.1, 0.15) is 0 Å². The Kier molecular flexibility index (Phi) is 23.8. The maximum Gasteiger partial charge on any atom is 0.325 e. The van der Waals surface area contributed by atoms with Gasteiger partial charge >= 0.3 is 5.97 Å². The molecular formula is C27H53NO2. The molecular weight excluding hydrogens is 370 g/mol. The lowest BCUT2D eigenvalue weighted by atomic mass is 10.0. The summed E-state index contributed by atoms with van der Waals surface area (Å²) in [6.45, 7) is 2.29. The molecule has 3 nitrogen and oxygen atoms in total. The van der Waals surface area contributed by atoms with Crippen LogP contribution < -0.4 is 0 Å². The smallest absolute Gasteiger partial charge is 0.325 e. The lowest BCUT2D eigenvalue weighted by Crippen LogP contribution is -2.18. The topological polar surface area (TPSA) is 29.5 Å². The minimum atomic E-state index is -0.115. The van der Waals surface area contributed by atoms with Gasteiger partial charge < -0.3 is 4.84 Å². The Morgan fingerprint density at radius 3 is 1.37 bits per heavy atom. The summed E-state index contributed by atoms with van der Waals surface area (Å²) in [6, 6.07) is 0. The third-order valence-electron chi connectivity index (χ3n) is 5.68. The van der Waals surface area contributed by atoms with E-state index in [0.717, 1.165) is 12.8 Å². The third-order valence-corrected chi connectivity index (χ3v) is 5.68. The summed E-state index contributed by atoms with van der Waals surface area (Å²) in [4.78, 5) is 16.4. The Labute approximate surface area is 189 Å². The van der Waals surface area contributed by atoms with E-state index >= 15 is 0 Å². The highest BCUT2D eigenvalue weighted by Crippen LogP contribution is 2.13. The van der Waals surface area contributed by atoms with Gasteiger partial charge in [0.05, 0.1) is 0 Å². The molecule has 178 valence electrons. The normalized spacial score (nSPS) is 11.6. The summed E-state index contributed by atoms with van der Waals surface area (Å²) in [5.41, 5.74) is 0. The van der Waals surface area contributed by atoms with Crippen LogP contribution in [0.25, 0.3) is 0 Å². The molecule has 0 aromatic rings. The van der Waals surface area contributed by atoms with Crippen molar-refractivity contribution in [3.05, 3.63) is 12.2 Å². The number of unbranched alkanes of at least 4 members (excludes halogenated alkanes) is 18. The Balaban J connectivity index is 3.15. The fourth-order valence-electron chi connectivity index (χ4n) is 3.83. The second kappa shape index (κ2) is 24.4. The molecule has 0 aromatic heterocycles. The first-order chi connectivity index (χ1) is 14.7. The number of hydrogen-bond donors (Lipinski definition) is 0. The van der Waals surface area contributed by atoms with Gasteiger partial charge in [0.15, 0.2) is 0 Å². The van der Waals surface area contributed by atoms with E-state index in [1.54, 1.807) is 14.1 Å². The van der Waals surface area contributed by atoms with Crippen molar-refractivity contribution in [3.8, 4) is 0 Å². The number of carbonyl (C=O) groups is 1. The zero-order valence-corrected chi connectivity index (χ0v) is 20.8. The monoisotopic (exact) mass is 423 g/mol. The number of nitrogens with zero attached hydrogens (tertiary/aromatic N) is 1. The molecule has 3 heteroatoms. The van der Waals surface area contributed by atoms with Gasteiger partial charge in [0.2, 0.25) is 0 Å². The second-order valence-electron chi connectivity index (χ2n) is 9.08. The highest BCUT2D eigenvalue weighted by Gasteiger charge is 2.03. The zero-order valence-electron chi connectivity index (χ0n) is 20.8. The Morgan fingerprint density at radius 2 is 0.967 bits per heavy atom. The predicted octanol–water partition coefficient (Wildman–Crippen LogP) is 8.77. The van der Waals surface area contributed by atoms with Crippen molar-refractivity contribution in [2.45, 2.75) is 142 Å². The molecule has 0 aliphatic carbocycles. The average molecular weight is 424 g/mol. The molecule has 0 radical (unpaired) electrons. The molecule has 0 saturated heterocycles. The van der Waals surface area contributed by atoms with Crippen molar-refractivity contribution >= 4 is 5.97 Å². The van der Waals surface area contributed by atoms with E-state index in [9.17, 15) is 4.79 Å². The Hall–Kier alpha value is -0.830. The maximum atomic E-state index is 11.4. The van der Waals surface area contributed by atoms with E-state index in [4.69, 9.17) is 4.84 Å². The Morgan fingerprint density at radius 1 is 0.600 bits per heavy atom. The van der Waals surface area contributed by atoms with Crippen molar-refractivity contribution in [2.75, 3.05) is 14.1 Å². The summed E-state index contributed by atoms with van der Waals surface area (Å²) in [5.74, 6) is -0.115. The molecule has 0 atom stereocenters. The van der Waals surface area contributed by atoms with E-state index < -0.39 is 0 Å². The molecule has 0 spiro atoms. The van der Waals surface area contributed by atoms with Crippen LogP contribution in [0.1, 0.15) is 142 Å². The summed E-state index contributed by atoms with van der Waals surface area (Å²) in [7, 11) is 3.48. The van der Waals surface area contributed by atoms with Crippen LogP contribution in [-0.2, 0) is 9.63 Å². The van der Waals surface area contributed by atoms with Gasteiger partial charge in [-0.2, -0.15) is 0 Å². The molecule has 0 aliphatic rings. The van der Waals surface area contributed by atoms with Crippen LogP contribution in [0.15, 0.2) is 12.2 Å². The third kappa shape index (κ3) is 25.2. The highest BCUT2D eigenvalue weighted by molar-refractivity contribution is 5.68. The molecule has 0 saturated carbocycles. The van der Waals surface area contributed by atoms with E-state index in [1.807, 2.05) is 0 Å². The highest BCUT2D eigenvalue weighted by atomic mass is 16.7. The number of allylic oxidation sites excluding steroid dienone is 2. The fraction of sp³-hybridized carbons (Fsp3) is 0.889. The lowest BCUT2D eigenvalue weighted by molar-refractivity contribution is -0.178. The first-order valence-electron chi connectivity index (χ1n) is 13.2. The first-order valence-corrected chi connectivity index (χ1v) is 13.2. The largest absolute Gasteiger partial charge is 0.369 e. The van der Waals surface area contributed by atoms with Gasteiger partial charge in [-0.15, -0.1) is 5.06 Å². The van der Waals surface area contributed by atoms with Gasteiger partial charge in [-0.1, -0.05) is 115 Å². The summed E-state index contributed by atoms with van der Waals surface area (Å²) >= 11 is 0. The molecule has 0 unspecified atom stereocenters. The van der Waals surface area contributed by atoms with Crippen molar-refractivity contribution in [1.29, 1.82) is 0 Å². The van der Waals surface area contributed by atoms with Crippen molar-refractivity contribution in [1.82, 2.24) is 5.06 Å². The molecule has 0 aliphatic heterocycles. The SMILES string of the molecule is CCCCCCCCCCCCCCCC=CCCCCCCCC(=O)ON(C)C. The van der Waals surface area contributed by atoms with Crippen LogP contribution in [0, 0.1) is 0 Å². The van der Waals surface area contributed by atoms with Crippen LogP contribution >= 0.6 is 0 Å². The van der Waals surface area contributed by atoms with Gasteiger partial charge in [-0.3, -0.25) is 4.79 Å². The van der Waals surface area contributed by atoms with Gasteiger partial charge in [0, 0.05) is 20.5 Å². The Bertz CT molecular complexity index is 379. The van der Waals surface area contributed by atoms with Crippen molar-refractivity contribution in [3.63, 3.8) is 0 Å². The van der Waals surface area contributed by atoms with Crippen LogP contribution in [0.3, 0.4) is 0 Å². The standard InChI is InChI=1S/C27H53NO2/c1-4-5-6-7-8-9-10-11-12-13-14-15-16-17-18-19-20-21-22-23-24-25-26-27(29)30-28(2)3/h18-19H,4-17,20-26H2,1-3H3. The fourth-order valence-corrected chi connectivity index (χ4v) is 3.83. The van der Waals surface area contributed by atoms with Gasteiger partial charge in [-0.25, -0.2) is 0 Å². The van der Waals surface area contributed by atoms with Crippen LogP contribution in [0.5, 0.6) is 0 Å². The minimum Gasteiger partial charge on any atom is -0.369 e. The van der Waals surface area contributed by atoms with E-state index in [1.165, 1.54) is 121 Å². The number of rotatable bonds is 23. The maximum absolute atomic E-state index is 11.4. The quantitative estimate of drug-likeness (QED) is 0.0934. The average Bonchev–Trinajstić information content (AvgIpc) is 2.71. The summed E-state index contributed by atoms with van der Waals surface area (Å²) < 4.78 is 0. The lowest BCUT2D eigenvalue weighted by Gasteiger charge is -2.09. The number of hydrogen-bond acceptors (Lipinski definition) is 3. The number of carbonyl (C=O) groups excluding carboxylic acids is 1. The summed E-state index contributed by atoms with van der Waals surface area (Å²) in [6.07, 6.45) is 32.2. The van der Waals surface area contributed by atoms with E-state index in [-0.39, 0.29) is 5.97 Å². The van der Waals surface area contributed by atoms with Crippen LogP contribution in [0.4, 0.5) is 0 Å². The second-order valence-corrected chi connectivity index (χ2v) is 9.08.